The molecular formula is C12H13Cl2N5. The fraction of sp³-hybridized carbons (Fsp3) is 0.250. The van der Waals surface area contributed by atoms with Crippen molar-refractivity contribution < 1.29 is 0 Å². The molecule has 0 spiro atoms. The Labute approximate surface area is 121 Å². The highest BCUT2D eigenvalue weighted by atomic mass is 35.5. The summed E-state index contributed by atoms with van der Waals surface area (Å²) >= 11 is 11.7. The molecule has 2 rings (SSSR count). The molecule has 0 saturated carbocycles. The molecule has 1 N–H and O–H groups in total. The van der Waals surface area contributed by atoms with Crippen LogP contribution in [0.5, 0.6) is 0 Å². The van der Waals surface area contributed by atoms with Gasteiger partial charge in [0.25, 0.3) is 0 Å². The van der Waals surface area contributed by atoms with Gasteiger partial charge in [0, 0.05) is 25.7 Å². The topological polar surface area (TPSA) is 53.9 Å². The van der Waals surface area contributed by atoms with Gasteiger partial charge < -0.3 is 10.2 Å². The summed E-state index contributed by atoms with van der Waals surface area (Å²) in [5.41, 5.74) is 1.11. The Morgan fingerprint density at radius 1 is 1.11 bits per heavy atom. The minimum Gasteiger partial charge on any atom is -0.357 e. The van der Waals surface area contributed by atoms with Crippen LogP contribution in [-0.2, 0) is 6.54 Å². The Morgan fingerprint density at radius 3 is 2.42 bits per heavy atom. The van der Waals surface area contributed by atoms with Crippen molar-refractivity contribution in [3.8, 4) is 0 Å². The molecule has 0 fully saturated rings. The molecular weight excluding hydrogens is 285 g/mol. The van der Waals surface area contributed by atoms with Gasteiger partial charge in [0.1, 0.15) is 0 Å². The molecule has 0 bridgehead atoms. The maximum absolute atomic E-state index is 5.85. The lowest BCUT2D eigenvalue weighted by Crippen LogP contribution is -2.20. The summed E-state index contributed by atoms with van der Waals surface area (Å²) in [6, 6.07) is 7.62. The van der Waals surface area contributed by atoms with Crippen molar-refractivity contribution in [1.29, 1.82) is 0 Å². The van der Waals surface area contributed by atoms with Gasteiger partial charge in [-0.25, -0.2) is 0 Å². The SMILES string of the molecule is CNc1nc(Cl)nc(N(C)Cc2ccc(Cl)cc2)n1. The molecule has 0 atom stereocenters. The number of aromatic nitrogens is 3. The number of rotatable bonds is 4. The third-order valence-corrected chi connectivity index (χ3v) is 2.92. The minimum atomic E-state index is 0.164. The Morgan fingerprint density at radius 2 is 1.79 bits per heavy atom. The molecule has 7 heteroatoms. The van der Waals surface area contributed by atoms with Crippen LogP contribution in [0.4, 0.5) is 11.9 Å². The van der Waals surface area contributed by atoms with Crippen molar-refractivity contribution in [1.82, 2.24) is 15.0 Å². The van der Waals surface area contributed by atoms with Gasteiger partial charge in [-0.15, -0.1) is 0 Å². The Kier molecular flexibility index (Phi) is 4.39. The molecule has 0 aliphatic rings. The van der Waals surface area contributed by atoms with Gasteiger partial charge in [0.2, 0.25) is 17.2 Å². The van der Waals surface area contributed by atoms with Crippen molar-refractivity contribution in [2.45, 2.75) is 6.54 Å². The number of halogens is 2. The van der Waals surface area contributed by atoms with Crippen molar-refractivity contribution in [2.24, 2.45) is 0 Å². The smallest absolute Gasteiger partial charge is 0.231 e. The third kappa shape index (κ3) is 3.68. The highest BCUT2D eigenvalue weighted by Gasteiger charge is 2.09. The number of hydrogen-bond donors (Lipinski definition) is 1. The summed E-state index contributed by atoms with van der Waals surface area (Å²) in [6.07, 6.45) is 0. The van der Waals surface area contributed by atoms with Crippen molar-refractivity contribution >= 4 is 35.1 Å². The van der Waals surface area contributed by atoms with E-state index in [1.165, 1.54) is 0 Å². The van der Waals surface area contributed by atoms with E-state index in [1.807, 2.05) is 36.2 Å². The summed E-state index contributed by atoms with van der Waals surface area (Å²) < 4.78 is 0. The summed E-state index contributed by atoms with van der Waals surface area (Å²) in [5, 5.41) is 3.72. The quantitative estimate of drug-likeness (QED) is 0.940. The first-order valence-electron chi connectivity index (χ1n) is 5.63. The van der Waals surface area contributed by atoms with Gasteiger partial charge in [-0.2, -0.15) is 15.0 Å². The average molecular weight is 298 g/mol. The largest absolute Gasteiger partial charge is 0.357 e. The molecule has 0 aliphatic heterocycles. The number of nitrogens with one attached hydrogen (secondary N) is 1. The zero-order valence-electron chi connectivity index (χ0n) is 10.6. The van der Waals surface area contributed by atoms with Crippen LogP contribution in [0, 0.1) is 0 Å². The second kappa shape index (κ2) is 6.04. The van der Waals surface area contributed by atoms with E-state index in [4.69, 9.17) is 23.2 Å². The van der Waals surface area contributed by atoms with Crippen LogP contribution < -0.4 is 10.2 Å². The molecule has 2 aromatic rings. The molecule has 1 aromatic heterocycles. The van der Waals surface area contributed by atoms with E-state index in [-0.39, 0.29) is 5.28 Å². The summed E-state index contributed by atoms with van der Waals surface area (Å²) in [5.74, 6) is 0.956. The predicted octanol–water partition coefficient (Wildman–Crippen LogP) is 2.86. The number of anilines is 2. The van der Waals surface area contributed by atoms with Gasteiger partial charge in [-0.3, -0.25) is 0 Å². The Balaban J connectivity index is 2.17. The van der Waals surface area contributed by atoms with Gasteiger partial charge in [-0.1, -0.05) is 23.7 Å². The average Bonchev–Trinajstić information content (AvgIpc) is 2.40. The van der Waals surface area contributed by atoms with Gasteiger partial charge in [-0.05, 0) is 29.3 Å². The fourth-order valence-corrected chi connectivity index (χ4v) is 1.84. The first-order chi connectivity index (χ1) is 9.08. The minimum absolute atomic E-state index is 0.164. The molecule has 0 radical (unpaired) electrons. The Hall–Kier alpha value is -1.59. The van der Waals surface area contributed by atoms with Gasteiger partial charge in [0.15, 0.2) is 0 Å². The highest BCUT2D eigenvalue weighted by molar-refractivity contribution is 6.30. The maximum Gasteiger partial charge on any atom is 0.231 e. The molecule has 0 amide bonds. The Bertz CT molecular complexity index is 559. The van der Waals surface area contributed by atoms with Crippen LogP contribution in [0.1, 0.15) is 5.56 Å². The van der Waals surface area contributed by atoms with Gasteiger partial charge in [0.05, 0.1) is 0 Å². The lowest BCUT2D eigenvalue weighted by molar-refractivity contribution is 0.854. The summed E-state index contributed by atoms with van der Waals surface area (Å²) in [6.45, 7) is 0.653. The zero-order chi connectivity index (χ0) is 13.8. The highest BCUT2D eigenvalue weighted by Crippen LogP contribution is 2.16. The normalized spacial score (nSPS) is 10.3. The zero-order valence-corrected chi connectivity index (χ0v) is 12.1. The van der Waals surface area contributed by atoms with E-state index in [0.29, 0.717) is 23.5 Å². The second-order valence-electron chi connectivity index (χ2n) is 3.96. The van der Waals surface area contributed by atoms with E-state index in [1.54, 1.807) is 7.05 Å². The third-order valence-electron chi connectivity index (χ3n) is 2.49. The van der Waals surface area contributed by atoms with E-state index in [9.17, 15) is 0 Å². The van der Waals surface area contributed by atoms with Crippen molar-refractivity contribution in [3.63, 3.8) is 0 Å². The molecule has 0 saturated heterocycles. The lowest BCUT2D eigenvalue weighted by atomic mass is 10.2. The van der Waals surface area contributed by atoms with Crippen molar-refractivity contribution in [2.75, 3.05) is 24.3 Å². The molecule has 1 heterocycles. The first kappa shape index (κ1) is 13.8. The van der Waals surface area contributed by atoms with Crippen LogP contribution in [0.15, 0.2) is 24.3 Å². The number of nitrogens with zero attached hydrogens (tertiary/aromatic N) is 4. The molecule has 0 aliphatic carbocycles. The molecule has 5 nitrogen and oxygen atoms in total. The predicted molar refractivity (Wildman–Crippen MR) is 77.9 cm³/mol. The molecule has 0 unspecified atom stereocenters. The van der Waals surface area contributed by atoms with Crippen LogP contribution >= 0.6 is 23.2 Å². The second-order valence-corrected chi connectivity index (χ2v) is 4.74. The summed E-state index contributed by atoms with van der Waals surface area (Å²) in [7, 11) is 3.62. The molecule has 1 aromatic carbocycles. The van der Waals surface area contributed by atoms with E-state index < -0.39 is 0 Å². The number of benzene rings is 1. The monoisotopic (exact) mass is 297 g/mol. The van der Waals surface area contributed by atoms with Crippen molar-refractivity contribution in [3.05, 3.63) is 40.1 Å². The molecule has 19 heavy (non-hydrogen) atoms. The standard InChI is InChI=1S/C12H13Cl2N5/c1-15-11-16-10(14)17-12(18-11)19(2)7-8-3-5-9(13)6-4-8/h3-6H,7H2,1-2H3,(H,15,16,17,18). The van der Waals surface area contributed by atoms with Gasteiger partial charge >= 0.3 is 0 Å². The first-order valence-corrected chi connectivity index (χ1v) is 6.39. The van der Waals surface area contributed by atoms with Crippen LogP contribution in [0.25, 0.3) is 0 Å². The molecule has 100 valence electrons. The lowest BCUT2D eigenvalue weighted by Gasteiger charge is -2.17. The van der Waals surface area contributed by atoms with E-state index in [2.05, 4.69) is 20.3 Å². The van der Waals surface area contributed by atoms with Crippen LogP contribution in [-0.4, -0.2) is 29.0 Å². The van der Waals surface area contributed by atoms with Crippen LogP contribution in [0.3, 0.4) is 0 Å². The van der Waals surface area contributed by atoms with E-state index >= 15 is 0 Å². The fourth-order valence-electron chi connectivity index (χ4n) is 1.56. The van der Waals surface area contributed by atoms with E-state index in [0.717, 1.165) is 5.56 Å². The van der Waals surface area contributed by atoms with Crippen LogP contribution in [0.2, 0.25) is 10.3 Å². The number of hydrogen-bond acceptors (Lipinski definition) is 5. The maximum atomic E-state index is 5.85. The summed E-state index contributed by atoms with van der Waals surface area (Å²) in [4.78, 5) is 14.2.